The van der Waals surface area contributed by atoms with Gasteiger partial charge in [0.1, 0.15) is 5.78 Å². The molecule has 0 aliphatic carbocycles. The summed E-state index contributed by atoms with van der Waals surface area (Å²) < 4.78 is 0. The number of hydrogen-bond acceptors (Lipinski definition) is 2. The second-order valence-corrected chi connectivity index (χ2v) is 5.33. The summed E-state index contributed by atoms with van der Waals surface area (Å²) in [5.74, 6) is 0.218. The molecule has 104 valence electrons. The molecule has 0 atom stereocenters. The lowest BCUT2D eigenvalue weighted by Crippen LogP contribution is -2.09. The molecule has 0 unspecified atom stereocenters. The third-order valence-corrected chi connectivity index (χ3v) is 3.56. The van der Waals surface area contributed by atoms with Crippen molar-refractivity contribution in [1.82, 2.24) is 4.98 Å². The van der Waals surface area contributed by atoms with E-state index >= 15 is 0 Å². The molecular weight excluding hydrogens is 246 g/mol. The largest absolute Gasteiger partial charge is 0.299 e. The fourth-order valence-corrected chi connectivity index (χ4v) is 2.24. The summed E-state index contributed by atoms with van der Waals surface area (Å²) in [5.41, 5.74) is 5.57. The summed E-state index contributed by atoms with van der Waals surface area (Å²) in [7, 11) is 0. The van der Waals surface area contributed by atoms with Gasteiger partial charge in [0.05, 0.1) is 0 Å². The zero-order valence-corrected chi connectivity index (χ0v) is 12.4. The lowest BCUT2D eigenvalue weighted by molar-refractivity contribution is -0.117. The Balaban J connectivity index is 2.03. The number of aryl methyl sites for hydroxylation is 3. The van der Waals surface area contributed by atoms with Crippen LogP contribution in [-0.2, 0) is 24.1 Å². The predicted octanol–water partition coefficient (Wildman–Crippen LogP) is 3.62. The molecule has 1 aromatic carbocycles. The van der Waals surface area contributed by atoms with Crippen LogP contribution in [0.1, 0.15) is 34.9 Å². The van der Waals surface area contributed by atoms with Gasteiger partial charge in [-0.15, -0.1) is 0 Å². The first kappa shape index (κ1) is 14.4. The quantitative estimate of drug-likeness (QED) is 0.828. The van der Waals surface area contributed by atoms with E-state index in [4.69, 9.17) is 0 Å². The maximum Gasteiger partial charge on any atom is 0.143 e. The zero-order chi connectivity index (χ0) is 14.5. The number of hydrogen-bond donors (Lipinski definition) is 0. The minimum Gasteiger partial charge on any atom is -0.299 e. The van der Waals surface area contributed by atoms with E-state index in [1.165, 1.54) is 16.7 Å². The van der Waals surface area contributed by atoms with Gasteiger partial charge in [0.25, 0.3) is 0 Å². The average Bonchev–Trinajstić information content (AvgIpc) is 2.43. The molecule has 0 amide bonds. The predicted molar refractivity (Wildman–Crippen MR) is 81.9 cm³/mol. The molecule has 2 rings (SSSR count). The van der Waals surface area contributed by atoms with Crippen LogP contribution in [0.5, 0.6) is 0 Å². The van der Waals surface area contributed by atoms with Crippen LogP contribution in [0.25, 0.3) is 0 Å². The molecule has 0 spiro atoms. The van der Waals surface area contributed by atoms with Crippen molar-refractivity contribution in [2.24, 2.45) is 0 Å². The van der Waals surface area contributed by atoms with E-state index in [-0.39, 0.29) is 5.78 Å². The van der Waals surface area contributed by atoms with Gasteiger partial charge in [-0.25, -0.2) is 0 Å². The molecule has 0 bridgehead atoms. The highest BCUT2D eigenvalue weighted by Gasteiger charge is 2.08. The Hall–Kier alpha value is -1.96. The van der Waals surface area contributed by atoms with E-state index in [2.05, 4.69) is 44.0 Å². The number of pyridine rings is 1. The third-order valence-electron chi connectivity index (χ3n) is 3.56. The molecule has 1 heterocycles. The van der Waals surface area contributed by atoms with Crippen molar-refractivity contribution in [3.63, 3.8) is 0 Å². The van der Waals surface area contributed by atoms with Crippen LogP contribution in [0.15, 0.2) is 36.5 Å². The Kier molecular flexibility index (Phi) is 4.67. The maximum atomic E-state index is 12.2. The first-order valence-corrected chi connectivity index (χ1v) is 7.10. The normalized spacial score (nSPS) is 10.6. The Morgan fingerprint density at radius 2 is 1.90 bits per heavy atom. The van der Waals surface area contributed by atoms with E-state index in [0.29, 0.717) is 12.8 Å². The number of aromatic nitrogens is 1. The molecule has 0 N–H and O–H groups in total. The van der Waals surface area contributed by atoms with Crippen LogP contribution in [-0.4, -0.2) is 10.8 Å². The summed E-state index contributed by atoms with van der Waals surface area (Å²) in [5, 5.41) is 0. The van der Waals surface area contributed by atoms with Crippen molar-refractivity contribution in [3.05, 3.63) is 64.5 Å². The monoisotopic (exact) mass is 267 g/mol. The number of ketones is 1. The summed E-state index contributed by atoms with van der Waals surface area (Å²) in [6, 6.07) is 10.3. The molecule has 0 saturated heterocycles. The van der Waals surface area contributed by atoms with Gasteiger partial charge in [-0.3, -0.25) is 9.78 Å². The first-order chi connectivity index (χ1) is 9.58. The van der Waals surface area contributed by atoms with Gasteiger partial charge in [-0.2, -0.15) is 0 Å². The minimum absolute atomic E-state index is 0.218. The SMILES string of the molecule is CCc1ccc(CC(=O)Cc2cc(C)ccc2C)nc1. The van der Waals surface area contributed by atoms with Gasteiger partial charge in [0.15, 0.2) is 0 Å². The molecule has 1 aromatic heterocycles. The highest BCUT2D eigenvalue weighted by atomic mass is 16.1. The average molecular weight is 267 g/mol. The van der Waals surface area contributed by atoms with E-state index in [0.717, 1.165) is 17.7 Å². The molecule has 2 heteroatoms. The van der Waals surface area contributed by atoms with Crippen molar-refractivity contribution in [3.8, 4) is 0 Å². The standard InChI is InChI=1S/C18H21NO/c1-4-15-7-8-17(19-12-15)11-18(20)10-16-9-13(2)5-6-14(16)3/h5-9,12H,4,10-11H2,1-3H3. The fraction of sp³-hybridized carbons (Fsp3) is 0.333. The van der Waals surface area contributed by atoms with Crippen LogP contribution in [0.2, 0.25) is 0 Å². The molecule has 2 nitrogen and oxygen atoms in total. The Morgan fingerprint density at radius 3 is 2.55 bits per heavy atom. The van der Waals surface area contributed by atoms with Crippen LogP contribution in [0.4, 0.5) is 0 Å². The Labute approximate surface area is 120 Å². The maximum absolute atomic E-state index is 12.2. The number of rotatable bonds is 5. The number of carbonyl (C=O) groups is 1. The topological polar surface area (TPSA) is 30.0 Å². The number of Topliss-reactive ketones (excluding diaryl/α,β-unsaturated/α-hetero) is 1. The second-order valence-electron chi connectivity index (χ2n) is 5.33. The summed E-state index contributed by atoms with van der Waals surface area (Å²) in [4.78, 5) is 16.5. The highest BCUT2D eigenvalue weighted by molar-refractivity contribution is 5.83. The van der Waals surface area contributed by atoms with Crippen molar-refractivity contribution < 1.29 is 4.79 Å². The number of carbonyl (C=O) groups excluding carboxylic acids is 1. The smallest absolute Gasteiger partial charge is 0.143 e. The van der Waals surface area contributed by atoms with E-state index in [9.17, 15) is 4.79 Å². The molecule has 0 radical (unpaired) electrons. The van der Waals surface area contributed by atoms with Crippen LogP contribution in [0, 0.1) is 13.8 Å². The lowest BCUT2D eigenvalue weighted by Gasteiger charge is -2.07. The van der Waals surface area contributed by atoms with E-state index in [1.807, 2.05) is 18.3 Å². The number of benzene rings is 1. The Morgan fingerprint density at radius 1 is 1.10 bits per heavy atom. The molecule has 0 fully saturated rings. The number of nitrogens with zero attached hydrogens (tertiary/aromatic N) is 1. The Bertz CT molecular complexity index is 599. The third kappa shape index (κ3) is 3.77. The lowest BCUT2D eigenvalue weighted by atomic mass is 9.99. The van der Waals surface area contributed by atoms with Crippen molar-refractivity contribution in [1.29, 1.82) is 0 Å². The van der Waals surface area contributed by atoms with Gasteiger partial charge in [0, 0.05) is 24.7 Å². The van der Waals surface area contributed by atoms with Gasteiger partial charge < -0.3 is 0 Å². The molecule has 2 aromatic rings. The molecule has 0 aliphatic rings. The van der Waals surface area contributed by atoms with Gasteiger partial charge in [-0.05, 0) is 43.0 Å². The van der Waals surface area contributed by atoms with Gasteiger partial charge in [-0.1, -0.05) is 36.8 Å². The van der Waals surface area contributed by atoms with E-state index in [1.54, 1.807) is 0 Å². The highest BCUT2D eigenvalue weighted by Crippen LogP contribution is 2.13. The molecule has 20 heavy (non-hydrogen) atoms. The molecular formula is C18H21NO. The fourth-order valence-electron chi connectivity index (χ4n) is 2.24. The van der Waals surface area contributed by atoms with Gasteiger partial charge in [0.2, 0.25) is 0 Å². The second kappa shape index (κ2) is 6.47. The van der Waals surface area contributed by atoms with Crippen molar-refractivity contribution >= 4 is 5.78 Å². The van der Waals surface area contributed by atoms with Gasteiger partial charge >= 0.3 is 0 Å². The van der Waals surface area contributed by atoms with Crippen molar-refractivity contribution in [2.45, 2.75) is 40.0 Å². The van der Waals surface area contributed by atoms with Crippen LogP contribution >= 0.6 is 0 Å². The first-order valence-electron chi connectivity index (χ1n) is 7.10. The summed E-state index contributed by atoms with van der Waals surface area (Å²) in [6.45, 7) is 6.21. The summed E-state index contributed by atoms with van der Waals surface area (Å²) in [6.07, 6.45) is 3.74. The minimum atomic E-state index is 0.218. The zero-order valence-electron chi connectivity index (χ0n) is 12.4. The molecule has 0 aliphatic heterocycles. The van der Waals surface area contributed by atoms with Crippen LogP contribution in [0.3, 0.4) is 0 Å². The van der Waals surface area contributed by atoms with Crippen molar-refractivity contribution in [2.75, 3.05) is 0 Å². The van der Waals surface area contributed by atoms with E-state index < -0.39 is 0 Å². The van der Waals surface area contributed by atoms with Crippen LogP contribution < -0.4 is 0 Å². The molecule has 0 saturated carbocycles. The summed E-state index contributed by atoms with van der Waals surface area (Å²) >= 11 is 0.